The number of ether oxygens (including phenoxy) is 2. The average Bonchev–Trinajstić information content (AvgIpc) is 2.94. The first-order chi connectivity index (χ1) is 19.5. The third-order valence-corrected chi connectivity index (χ3v) is 8.13. The van der Waals surface area contributed by atoms with Gasteiger partial charge in [0, 0.05) is 12.1 Å². The summed E-state index contributed by atoms with van der Waals surface area (Å²) in [6, 6.07) is 24.9. The predicted octanol–water partition coefficient (Wildman–Crippen LogP) is 7.71. The Bertz CT molecular complexity index is 1570. The van der Waals surface area contributed by atoms with Gasteiger partial charge in [-0.2, -0.15) is 0 Å². The van der Waals surface area contributed by atoms with Crippen LogP contribution < -0.4 is 4.74 Å². The van der Waals surface area contributed by atoms with Gasteiger partial charge in [-0.05, 0) is 69.2 Å². The average molecular weight is 580 g/mol. The van der Waals surface area contributed by atoms with Crippen molar-refractivity contribution < 1.29 is 31.8 Å². The van der Waals surface area contributed by atoms with E-state index in [9.17, 15) is 22.4 Å². The number of benzene rings is 4. The van der Waals surface area contributed by atoms with Gasteiger partial charge in [0.05, 0.1) is 16.5 Å². The highest BCUT2D eigenvalue weighted by Gasteiger charge is 2.30. The topological polar surface area (TPSA) is 35.5 Å². The van der Waals surface area contributed by atoms with Crippen molar-refractivity contribution in [3.05, 3.63) is 119 Å². The van der Waals surface area contributed by atoms with Gasteiger partial charge in [-0.3, -0.25) is 0 Å². The van der Waals surface area contributed by atoms with Crippen LogP contribution in [0.2, 0.25) is 0 Å². The molecule has 4 aromatic carbocycles. The van der Waals surface area contributed by atoms with Gasteiger partial charge in [-0.15, -0.1) is 0 Å². The number of hydrogen-bond acceptors (Lipinski definition) is 3. The lowest BCUT2D eigenvalue weighted by Crippen LogP contribution is -2.29. The minimum absolute atomic E-state index is 0.351. The SMILES string of the molecule is Cc1cc([S+](c2ccccc2)c2ccccc2)cc(C)c1OCC(=O)OC(C)(C)C#Cc1cc(F)c(F)c(F)c1F. The fourth-order valence-electron chi connectivity index (χ4n) is 4.13. The lowest BCUT2D eigenvalue weighted by atomic mass is 10.1. The Morgan fingerprint density at radius 1 is 0.780 bits per heavy atom. The molecular formula is C33H27F4O3S+. The van der Waals surface area contributed by atoms with E-state index in [1.807, 2.05) is 62.4 Å². The van der Waals surface area contributed by atoms with Crippen LogP contribution in [-0.4, -0.2) is 18.2 Å². The maximum Gasteiger partial charge on any atom is 0.345 e. The molecule has 0 aromatic heterocycles. The summed E-state index contributed by atoms with van der Waals surface area (Å²) in [6.45, 7) is 6.22. The standard InChI is InChI=1S/C33H27F4O3S/c1-21-17-26(41(24-11-7-5-8-12-24)25-13-9-6-10-14-25)18-22(2)32(21)39-20-28(38)40-33(3,4)16-15-23-19-27(34)30(36)31(37)29(23)35/h5-14,17-19H,20H2,1-4H3/q+1. The number of aryl methyl sites for hydroxylation is 2. The lowest BCUT2D eigenvalue weighted by Gasteiger charge is -2.20. The molecule has 0 radical (unpaired) electrons. The molecule has 0 aliphatic heterocycles. The predicted molar refractivity (Wildman–Crippen MR) is 150 cm³/mol. The van der Waals surface area contributed by atoms with Crippen LogP contribution in [0.15, 0.2) is 93.5 Å². The number of esters is 1. The molecule has 0 fully saturated rings. The van der Waals surface area contributed by atoms with Crippen LogP contribution in [0.1, 0.15) is 30.5 Å². The number of carbonyl (C=O) groups excluding carboxylic acids is 1. The lowest BCUT2D eigenvalue weighted by molar-refractivity contribution is -0.154. The normalized spacial score (nSPS) is 11.1. The van der Waals surface area contributed by atoms with Crippen molar-refractivity contribution in [3.8, 4) is 17.6 Å². The number of halogens is 4. The largest absolute Gasteiger partial charge is 0.481 e. The van der Waals surface area contributed by atoms with Crippen LogP contribution in [-0.2, 0) is 20.4 Å². The van der Waals surface area contributed by atoms with Gasteiger partial charge in [-0.25, -0.2) is 22.4 Å². The Labute approximate surface area is 239 Å². The van der Waals surface area contributed by atoms with E-state index in [0.717, 1.165) is 16.0 Å². The Kier molecular flexibility index (Phi) is 9.09. The van der Waals surface area contributed by atoms with Crippen molar-refractivity contribution in [1.29, 1.82) is 0 Å². The summed E-state index contributed by atoms with van der Waals surface area (Å²) in [5.41, 5.74) is -0.473. The molecule has 0 bridgehead atoms. The monoisotopic (exact) mass is 579 g/mol. The molecule has 4 aromatic rings. The fraction of sp³-hybridized carbons (Fsp3) is 0.182. The highest BCUT2D eigenvalue weighted by molar-refractivity contribution is 7.97. The van der Waals surface area contributed by atoms with E-state index >= 15 is 0 Å². The van der Waals surface area contributed by atoms with Gasteiger partial charge in [-0.1, -0.05) is 48.2 Å². The molecule has 0 spiro atoms. The molecule has 3 nitrogen and oxygen atoms in total. The third kappa shape index (κ3) is 7.11. The van der Waals surface area contributed by atoms with Crippen LogP contribution in [0, 0.1) is 49.0 Å². The third-order valence-electron chi connectivity index (χ3n) is 5.93. The van der Waals surface area contributed by atoms with Crippen LogP contribution >= 0.6 is 0 Å². The van der Waals surface area contributed by atoms with E-state index in [-0.39, 0.29) is 10.9 Å². The highest BCUT2D eigenvalue weighted by atomic mass is 32.2. The zero-order valence-electron chi connectivity index (χ0n) is 22.9. The maximum absolute atomic E-state index is 13.9. The quantitative estimate of drug-likeness (QED) is 0.0562. The second kappa shape index (κ2) is 12.5. The Balaban J connectivity index is 1.49. The smallest absolute Gasteiger partial charge is 0.345 e. The van der Waals surface area contributed by atoms with Gasteiger partial charge in [0.15, 0.2) is 50.2 Å². The highest BCUT2D eigenvalue weighted by Crippen LogP contribution is 2.35. The molecule has 0 heterocycles. The number of rotatable bonds is 7. The summed E-state index contributed by atoms with van der Waals surface area (Å²) in [6.07, 6.45) is 0. The Morgan fingerprint density at radius 2 is 1.32 bits per heavy atom. The molecule has 0 N–H and O–H groups in total. The molecular weight excluding hydrogens is 552 g/mol. The van der Waals surface area contributed by atoms with Gasteiger partial charge < -0.3 is 9.47 Å². The van der Waals surface area contributed by atoms with E-state index in [0.29, 0.717) is 11.8 Å². The second-order valence-corrected chi connectivity index (χ2v) is 11.7. The molecule has 0 amide bonds. The van der Waals surface area contributed by atoms with E-state index in [2.05, 4.69) is 36.1 Å². The van der Waals surface area contributed by atoms with Crippen molar-refractivity contribution in [3.63, 3.8) is 0 Å². The molecule has 0 atom stereocenters. The Morgan fingerprint density at radius 3 is 1.85 bits per heavy atom. The first-order valence-corrected chi connectivity index (χ1v) is 13.9. The van der Waals surface area contributed by atoms with Crippen LogP contribution in [0.25, 0.3) is 0 Å². The first kappa shape index (κ1) is 29.8. The van der Waals surface area contributed by atoms with Crippen molar-refractivity contribution >= 4 is 16.9 Å². The molecule has 0 unspecified atom stereocenters. The fourth-order valence-corrected chi connectivity index (χ4v) is 6.39. The molecule has 8 heteroatoms. The first-order valence-electron chi connectivity index (χ1n) is 12.6. The summed E-state index contributed by atoms with van der Waals surface area (Å²) in [7, 11) is -0.351. The van der Waals surface area contributed by atoms with Crippen molar-refractivity contribution in [2.24, 2.45) is 0 Å². The van der Waals surface area contributed by atoms with Crippen molar-refractivity contribution in [1.82, 2.24) is 0 Å². The van der Waals surface area contributed by atoms with Crippen molar-refractivity contribution in [2.75, 3.05) is 6.61 Å². The van der Waals surface area contributed by atoms with Crippen LogP contribution in [0.4, 0.5) is 17.6 Å². The van der Waals surface area contributed by atoms with E-state index < -0.39 is 47.0 Å². The van der Waals surface area contributed by atoms with Gasteiger partial charge in [0.25, 0.3) is 0 Å². The molecule has 0 saturated heterocycles. The summed E-state index contributed by atoms with van der Waals surface area (Å²) in [4.78, 5) is 16.0. The molecule has 210 valence electrons. The van der Waals surface area contributed by atoms with E-state index in [1.54, 1.807) is 0 Å². The number of carbonyl (C=O) groups is 1. The molecule has 4 rings (SSSR count). The molecule has 0 aliphatic carbocycles. The summed E-state index contributed by atoms with van der Waals surface area (Å²) in [5, 5.41) is 0. The van der Waals surface area contributed by atoms with Gasteiger partial charge in [0.2, 0.25) is 0 Å². The van der Waals surface area contributed by atoms with Crippen LogP contribution in [0.3, 0.4) is 0 Å². The van der Waals surface area contributed by atoms with Gasteiger partial charge in [0.1, 0.15) is 5.75 Å². The zero-order chi connectivity index (χ0) is 29.7. The van der Waals surface area contributed by atoms with E-state index in [1.165, 1.54) is 23.6 Å². The van der Waals surface area contributed by atoms with Gasteiger partial charge >= 0.3 is 5.97 Å². The Hall–Kier alpha value is -4.22. The summed E-state index contributed by atoms with van der Waals surface area (Å²) < 4.78 is 65.2. The molecule has 41 heavy (non-hydrogen) atoms. The minimum atomic E-state index is -1.96. The molecule has 0 saturated carbocycles. The summed E-state index contributed by atoms with van der Waals surface area (Å²) >= 11 is 0. The zero-order valence-corrected chi connectivity index (χ0v) is 23.7. The second-order valence-electron chi connectivity index (χ2n) is 9.69. The minimum Gasteiger partial charge on any atom is -0.481 e. The molecule has 0 aliphatic rings. The van der Waals surface area contributed by atoms with E-state index in [4.69, 9.17) is 9.47 Å². The maximum atomic E-state index is 13.9. The van der Waals surface area contributed by atoms with Crippen LogP contribution in [0.5, 0.6) is 5.75 Å². The number of hydrogen-bond donors (Lipinski definition) is 0. The van der Waals surface area contributed by atoms with Crippen molar-refractivity contribution in [2.45, 2.75) is 48.0 Å². The summed E-state index contributed by atoms with van der Waals surface area (Å²) in [5.74, 6) is -2.64.